The molecule has 1 amide bonds. The van der Waals surface area contributed by atoms with Crippen LogP contribution in [0.1, 0.15) is 30.3 Å². The number of hydrogen-bond acceptors (Lipinski definition) is 4. The lowest BCUT2D eigenvalue weighted by Gasteiger charge is -2.28. The fourth-order valence-corrected chi connectivity index (χ4v) is 4.08. The SMILES string of the molecule is O=C(C1CCOCC1)N1CCS[C@@H](c2ccco2)CC1. The summed E-state index contributed by atoms with van der Waals surface area (Å²) in [4.78, 5) is 14.6. The fraction of sp³-hybridized carbons (Fsp3) is 0.667. The summed E-state index contributed by atoms with van der Waals surface area (Å²) >= 11 is 1.90. The van der Waals surface area contributed by atoms with Crippen LogP contribution in [0, 0.1) is 5.92 Å². The van der Waals surface area contributed by atoms with Gasteiger partial charge in [0.15, 0.2) is 0 Å². The van der Waals surface area contributed by atoms with Gasteiger partial charge in [-0.3, -0.25) is 4.79 Å². The lowest BCUT2D eigenvalue weighted by Crippen LogP contribution is -2.39. The van der Waals surface area contributed by atoms with E-state index in [-0.39, 0.29) is 5.92 Å². The molecular weight excluding hydrogens is 274 g/mol. The van der Waals surface area contributed by atoms with Gasteiger partial charge in [0.25, 0.3) is 0 Å². The maximum absolute atomic E-state index is 12.5. The topological polar surface area (TPSA) is 42.7 Å². The first-order valence-corrected chi connectivity index (χ1v) is 8.41. The van der Waals surface area contributed by atoms with Crippen molar-refractivity contribution in [3.8, 4) is 0 Å². The summed E-state index contributed by atoms with van der Waals surface area (Å²) in [5, 5.41) is 0.387. The minimum Gasteiger partial charge on any atom is -0.468 e. The van der Waals surface area contributed by atoms with E-state index >= 15 is 0 Å². The number of thioether (sulfide) groups is 1. The number of amides is 1. The van der Waals surface area contributed by atoms with Crippen LogP contribution in [0.2, 0.25) is 0 Å². The zero-order valence-electron chi connectivity index (χ0n) is 11.6. The van der Waals surface area contributed by atoms with Crippen LogP contribution in [0.15, 0.2) is 22.8 Å². The number of furan rings is 1. The van der Waals surface area contributed by atoms with Gasteiger partial charge in [-0.05, 0) is 31.4 Å². The molecule has 1 atom stereocenters. The highest BCUT2D eigenvalue weighted by atomic mass is 32.2. The van der Waals surface area contributed by atoms with Crippen molar-refractivity contribution in [1.82, 2.24) is 4.90 Å². The van der Waals surface area contributed by atoms with E-state index in [0.717, 1.165) is 57.1 Å². The van der Waals surface area contributed by atoms with Gasteiger partial charge in [-0.1, -0.05) is 0 Å². The van der Waals surface area contributed by atoms with Crippen LogP contribution in [0.25, 0.3) is 0 Å². The first-order valence-electron chi connectivity index (χ1n) is 7.36. The van der Waals surface area contributed by atoms with Crippen molar-refractivity contribution in [3.63, 3.8) is 0 Å². The Labute approximate surface area is 123 Å². The zero-order chi connectivity index (χ0) is 13.8. The first kappa shape index (κ1) is 14.0. The Hall–Kier alpha value is -0.940. The third-order valence-corrected chi connectivity index (χ3v) is 5.37. The summed E-state index contributed by atoms with van der Waals surface area (Å²) in [6.45, 7) is 3.16. The molecule has 0 spiro atoms. The standard InChI is InChI=1S/C15H21NO3S/c17-15(12-4-9-18-10-5-12)16-6-3-14(20-11-7-16)13-2-1-8-19-13/h1-2,8,12,14H,3-7,9-11H2/t14-/m1/s1. The van der Waals surface area contributed by atoms with E-state index in [2.05, 4.69) is 0 Å². The van der Waals surface area contributed by atoms with E-state index in [9.17, 15) is 4.79 Å². The lowest BCUT2D eigenvalue weighted by molar-refractivity contribution is -0.138. The van der Waals surface area contributed by atoms with E-state index in [1.807, 2.05) is 28.8 Å². The molecule has 2 aliphatic rings. The molecule has 1 aromatic heterocycles. The summed E-state index contributed by atoms with van der Waals surface area (Å²) in [5.74, 6) is 2.53. The van der Waals surface area contributed by atoms with E-state index in [0.29, 0.717) is 11.2 Å². The smallest absolute Gasteiger partial charge is 0.225 e. The Balaban J connectivity index is 1.57. The third-order valence-electron chi connectivity index (χ3n) is 4.08. The van der Waals surface area contributed by atoms with Gasteiger partial charge in [0.1, 0.15) is 5.76 Å². The molecule has 2 aliphatic heterocycles. The number of rotatable bonds is 2. The second-order valence-corrected chi connectivity index (χ2v) is 6.69. The second-order valence-electron chi connectivity index (χ2n) is 5.38. The van der Waals surface area contributed by atoms with Gasteiger partial charge in [0, 0.05) is 38.0 Å². The van der Waals surface area contributed by atoms with Crippen LogP contribution in [0.5, 0.6) is 0 Å². The number of ether oxygens (including phenoxy) is 1. The maximum atomic E-state index is 12.5. The van der Waals surface area contributed by atoms with Crippen molar-refractivity contribution in [1.29, 1.82) is 0 Å². The van der Waals surface area contributed by atoms with Crippen LogP contribution in [0.4, 0.5) is 0 Å². The third kappa shape index (κ3) is 3.20. The Morgan fingerprint density at radius 2 is 2.10 bits per heavy atom. The van der Waals surface area contributed by atoms with Crippen LogP contribution < -0.4 is 0 Å². The average molecular weight is 295 g/mol. The molecule has 5 heteroatoms. The summed E-state index contributed by atoms with van der Waals surface area (Å²) in [6.07, 6.45) is 4.47. The molecule has 1 aromatic rings. The van der Waals surface area contributed by atoms with Crippen molar-refractivity contribution < 1.29 is 13.9 Å². The molecule has 2 fully saturated rings. The molecule has 0 aromatic carbocycles. The van der Waals surface area contributed by atoms with Crippen LogP contribution in [-0.2, 0) is 9.53 Å². The molecule has 20 heavy (non-hydrogen) atoms. The molecular formula is C15H21NO3S. The largest absolute Gasteiger partial charge is 0.468 e. The fourth-order valence-electron chi connectivity index (χ4n) is 2.90. The highest BCUT2D eigenvalue weighted by Gasteiger charge is 2.29. The maximum Gasteiger partial charge on any atom is 0.225 e. The first-order chi connectivity index (χ1) is 9.84. The molecule has 0 bridgehead atoms. The van der Waals surface area contributed by atoms with E-state index in [1.165, 1.54) is 0 Å². The summed E-state index contributed by atoms with van der Waals surface area (Å²) in [5.41, 5.74) is 0. The minimum absolute atomic E-state index is 0.175. The van der Waals surface area contributed by atoms with Crippen LogP contribution in [-0.4, -0.2) is 42.9 Å². The van der Waals surface area contributed by atoms with Crippen molar-refractivity contribution in [2.45, 2.75) is 24.5 Å². The highest BCUT2D eigenvalue weighted by Crippen LogP contribution is 2.35. The van der Waals surface area contributed by atoms with Gasteiger partial charge >= 0.3 is 0 Å². The monoisotopic (exact) mass is 295 g/mol. The normalized spacial score (nSPS) is 25.4. The van der Waals surface area contributed by atoms with Gasteiger partial charge < -0.3 is 14.1 Å². The predicted molar refractivity (Wildman–Crippen MR) is 78.6 cm³/mol. The van der Waals surface area contributed by atoms with E-state index < -0.39 is 0 Å². The minimum atomic E-state index is 0.175. The molecule has 4 nitrogen and oxygen atoms in total. The summed E-state index contributed by atoms with van der Waals surface area (Å²) in [6, 6.07) is 3.97. The van der Waals surface area contributed by atoms with Gasteiger partial charge in [-0.25, -0.2) is 0 Å². The lowest BCUT2D eigenvalue weighted by atomic mass is 9.98. The van der Waals surface area contributed by atoms with Crippen molar-refractivity contribution in [2.24, 2.45) is 5.92 Å². The van der Waals surface area contributed by atoms with Gasteiger partial charge in [-0.15, -0.1) is 11.8 Å². The molecule has 3 rings (SSSR count). The molecule has 3 heterocycles. The molecule has 0 saturated carbocycles. The predicted octanol–water partition coefficient (Wildman–Crippen LogP) is 2.71. The average Bonchev–Trinajstić information content (AvgIpc) is 2.92. The zero-order valence-corrected chi connectivity index (χ0v) is 12.4. The molecule has 2 saturated heterocycles. The van der Waals surface area contributed by atoms with Crippen molar-refractivity contribution in [2.75, 3.05) is 32.1 Å². The molecule has 110 valence electrons. The number of nitrogens with zero attached hydrogens (tertiary/aromatic N) is 1. The molecule has 0 aliphatic carbocycles. The Morgan fingerprint density at radius 3 is 2.85 bits per heavy atom. The Kier molecular flexibility index (Phi) is 4.68. The van der Waals surface area contributed by atoms with Crippen LogP contribution in [0.3, 0.4) is 0 Å². The molecule has 0 unspecified atom stereocenters. The number of carbonyl (C=O) groups excluding carboxylic acids is 1. The van der Waals surface area contributed by atoms with Gasteiger partial charge in [0.05, 0.1) is 11.5 Å². The Bertz CT molecular complexity index is 428. The van der Waals surface area contributed by atoms with E-state index in [1.54, 1.807) is 6.26 Å². The summed E-state index contributed by atoms with van der Waals surface area (Å²) < 4.78 is 10.8. The second kappa shape index (κ2) is 6.68. The number of hydrogen-bond donors (Lipinski definition) is 0. The summed E-state index contributed by atoms with van der Waals surface area (Å²) in [7, 11) is 0. The number of carbonyl (C=O) groups is 1. The van der Waals surface area contributed by atoms with Crippen molar-refractivity contribution in [3.05, 3.63) is 24.2 Å². The molecule has 0 radical (unpaired) electrons. The molecule has 0 N–H and O–H groups in total. The quantitative estimate of drug-likeness (QED) is 0.841. The van der Waals surface area contributed by atoms with Crippen LogP contribution >= 0.6 is 11.8 Å². The van der Waals surface area contributed by atoms with E-state index in [4.69, 9.17) is 9.15 Å². The highest BCUT2D eigenvalue weighted by molar-refractivity contribution is 7.99. The van der Waals surface area contributed by atoms with Crippen molar-refractivity contribution >= 4 is 17.7 Å². The Morgan fingerprint density at radius 1 is 1.25 bits per heavy atom. The van der Waals surface area contributed by atoms with Gasteiger partial charge in [0.2, 0.25) is 5.91 Å². The van der Waals surface area contributed by atoms with Gasteiger partial charge in [-0.2, -0.15) is 0 Å².